The van der Waals surface area contributed by atoms with Gasteiger partial charge >= 0.3 is 11.9 Å². The van der Waals surface area contributed by atoms with Crippen molar-refractivity contribution in [1.82, 2.24) is 0 Å². The smallest absolute Gasteiger partial charge is 0.306 e. The molecule has 0 aromatic carbocycles. The van der Waals surface area contributed by atoms with Crippen LogP contribution in [-0.4, -0.2) is 23.1 Å². The van der Waals surface area contributed by atoms with Gasteiger partial charge in [-0.25, -0.2) is 0 Å². The number of hydrogen-bond acceptors (Lipinski definition) is 3. The molecule has 4 heteroatoms. The van der Waals surface area contributed by atoms with E-state index in [-0.39, 0.29) is 18.5 Å². The van der Waals surface area contributed by atoms with Crippen LogP contribution in [0.15, 0.2) is 12.2 Å². The molecule has 0 radical (unpaired) electrons. The molecular formula is C45H86O4. The van der Waals surface area contributed by atoms with Gasteiger partial charge in [0.2, 0.25) is 0 Å². The minimum absolute atomic E-state index is 0.0305. The molecule has 0 aromatic heterocycles. The number of aliphatic carboxylic acids is 1. The molecule has 0 saturated carbocycles. The summed E-state index contributed by atoms with van der Waals surface area (Å²) >= 11 is 0. The molecule has 0 saturated heterocycles. The van der Waals surface area contributed by atoms with Gasteiger partial charge in [-0.3, -0.25) is 9.59 Å². The summed E-state index contributed by atoms with van der Waals surface area (Å²) in [5.41, 5.74) is 0. The molecule has 290 valence electrons. The second-order valence-electron chi connectivity index (χ2n) is 15.2. The zero-order chi connectivity index (χ0) is 35.7. The first-order chi connectivity index (χ1) is 24.1. The highest BCUT2D eigenvalue weighted by atomic mass is 16.5. The molecule has 0 aliphatic carbocycles. The Labute approximate surface area is 306 Å². The van der Waals surface area contributed by atoms with Gasteiger partial charge in [0.25, 0.3) is 0 Å². The zero-order valence-electron chi connectivity index (χ0n) is 33.3. The summed E-state index contributed by atoms with van der Waals surface area (Å²) < 4.78 is 5.95. The van der Waals surface area contributed by atoms with Crippen LogP contribution < -0.4 is 0 Å². The Morgan fingerprint density at radius 1 is 0.449 bits per heavy atom. The normalized spacial score (nSPS) is 12.2. The minimum Gasteiger partial charge on any atom is -0.481 e. The summed E-state index contributed by atoms with van der Waals surface area (Å²) in [5.74, 6) is -0.726. The van der Waals surface area contributed by atoms with Gasteiger partial charge in [0, 0.05) is 12.8 Å². The van der Waals surface area contributed by atoms with Crippen molar-refractivity contribution >= 4 is 11.9 Å². The molecule has 0 aliphatic rings. The second kappa shape index (κ2) is 41.1. The molecule has 49 heavy (non-hydrogen) atoms. The Hall–Kier alpha value is -1.32. The fourth-order valence-electron chi connectivity index (χ4n) is 6.92. The van der Waals surface area contributed by atoms with Gasteiger partial charge in [0.15, 0.2) is 0 Å². The largest absolute Gasteiger partial charge is 0.481 e. The van der Waals surface area contributed by atoms with E-state index in [2.05, 4.69) is 26.0 Å². The molecule has 0 heterocycles. The standard InChI is InChI=1S/C45H86O4/c1-3-5-7-9-11-13-14-15-16-17-18-19-20-21-22-23-24-26-28-34-38-42-45(48)49-43(39-35-31-27-25-12-10-8-6-4-2)40-36-32-29-30-33-37-41-44(46)47/h35,39,43H,3-34,36-38,40-42H2,1-2H3,(H,46,47)/b39-35-. The zero-order valence-corrected chi connectivity index (χ0v) is 33.3. The monoisotopic (exact) mass is 691 g/mol. The fourth-order valence-corrected chi connectivity index (χ4v) is 6.92. The second-order valence-corrected chi connectivity index (χ2v) is 15.2. The maximum Gasteiger partial charge on any atom is 0.306 e. The van der Waals surface area contributed by atoms with Crippen molar-refractivity contribution in [2.24, 2.45) is 0 Å². The van der Waals surface area contributed by atoms with Crippen molar-refractivity contribution in [3.8, 4) is 0 Å². The van der Waals surface area contributed by atoms with Crippen LogP contribution >= 0.6 is 0 Å². The van der Waals surface area contributed by atoms with Crippen molar-refractivity contribution in [1.29, 1.82) is 0 Å². The number of carboxylic acids is 1. The molecule has 0 amide bonds. The fraction of sp³-hybridized carbons (Fsp3) is 0.911. The molecule has 1 N–H and O–H groups in total. The summed E-state index contributed by atoms with van der Waals surface area (Å²) in [6.45, 7) is 4.56. The molecule has 0 rings (SSSR count). The van der Waals surface area contributed by atoms with E-state index in [9.17, 15) is 9.59 Å². The first-order valence-electron chi connectivity index (χ1n) is 22.2. The molecule has 4 nitrogen and oxygen atoms in total. The number of hydrogen-bond donors (Lipinski definition) is 1. The van der Waals surface area contributed by atoms with Gasteiger partial charge in [0.05, 0.1) is 0 Å². The highest BCUT2D eigenvalue weighted by molar-refractivity contribution is 5.69. The van der Waals surface area contributed by atoms with Gasteiger partial charge in [-0.15, -0.1) is 0 Å². The predicted molar refractivity (Wildman–Crippen MR) is 213 cm³/mol. The van der Waals surface area contributed by atoms with E-state index in [0.29, 0.717) is 6.42 Å². The Balaban J connectivity index is 3.87. The van der Waals surface area contributed by atoms with Crippen LogP contribution in [0.2, 0.25) is 0 Å². The minimum atomic E-state index is -0.696. The SMILES string of the molecule is CCCCCCCCC/C=C\C(CCCCCCCCC(=O)O)OC(=O)CCCCCCCCCCCCCCCCCCCCCCC. The number of unbranched alkanes of at least 4 members (excludes halogenated alkanes) is 32. The van der Waals surface area contributed by atoms with Gasteiger partial charge in [0.1, 0.15) is 6.10 Å². The third-order valence-electron chi connectivity index (χ3n) is 10.2. The van der Waals surface area contributed by atoms with Crippen molar-refractivity contribution in [2.75, 3.05) is 0 Å². The maximum absolute atomic E-state index is 12.7. The molecule has 0 fully saturated rings. The topological polar surface area (TPSA) is 63.6 Å². The Morgan fingerprint density at radius 3 is 1.16 bits per heavy atom. The number of rotatable bonds is 41. The summed E-state index contributed by atoms with van der Waals surface area (Å²) in [5, 5.41) is 8.79. The number of carboxylic acid groups (broad SMARTS) is 1. The van der Waals surface area contributed by atoms with Gasteiger partial charge in [-0.1, -0.05) is 213 Å². The van der Waals surface area contributed by atoms with Crippen molar-refractivity contribution < 1.29 is 19.4 Å². The van der Waals surface area contributed by atoms with Crippen LogP contribution in [0.25, 0.3) is 0 Å². The maximum atomic E-state index is 12.7. The lowest BCUT2D eigenvalue weighted by atomic mass is 10.0. The van der Waals surface area contributed by atoms with Gasteiger partial charge in [-0.05, 0) is 44.6 Å². The van der Waals surface area contributed by atoms with Crippen LogP contribution in [-0.2, 0) is 14.3 Å². The molecule has 0 bridgehead atoms. The number of carbonyl (C=O) groups is 2. The molecule has 1 atom stereocenters. The number of allylic oxidation sites excluding steroid dienone is 1. The lowest BCUT2D eigenvalue weighted by molar-refractivity contribution is -0.147. The average Bonchev–Trinajstić information content (AvgIpc) is 3.09. The summed E-state index contributed by atoms with van der Waals surface area (Å²) in [4.78, 5) is 23.4. The van der Waals surface area contributed by atoms with E-state index in [1.54, 1.807) is 0 Å². The Bertz CT molecular complexity index is 702. The van der Waals surface area contributed by atoms with E-state index in [0.717, 1.165) is 64.2 Å². The first-order valence-corrected chi connectivity index (χ1v) is 22.2. The molecule has 0 aliphatic heterocycles. The summed E-state index contributed by atoms with van der Waals surface area (Å²) in [7, 11) is 0. The number of esters is 1. The van der Waals surface area contributed by atoms with E-state index >= 15 is 0 Å². The molecule has 0 aromatic rings. The van der Waals surface area contributed by atoms with Crippen LogP contribution in [0.1, 0.15) is 258 Å². The third kappa shape index (κ3) is 41.0. The quantitative estimate of drug-likeness (QED) is 0.0394. The van der Waals surface area contributed by atoms with Crippen LogP contribution in [0, 0.1) is 0 Å². The number of carbonyl (C=O) groups excluding carboxylic acids is 1. The van der Waals surface area contributed by atoms with Crippen LogP contribution in [0.3, 0.4) is 0 Å². The van der Waals surface area contributed by atoms with Crippen molar-refractivity contribution in [3.05, 3.63) is 12.2 Å². The highest BCUT2D eigenvalue weighted by Crippen LogP contribution is 2.17. The Kier molecular flexibility index (Phi) is 40.0. The molecular weight excluding hydrogens is 604 g/mol. The molecule has 1 unspecified atom stereocenters. The Morgan fingerprint density at radius 2 is 0.776 bits per heavy atom. The average molecular weight is 691 g/mol. The lowest BCUT2D eigenvalue weighted by Gasteiger charge is -2.15. The number of ether oxygens (including phenoxy) is 1. The van der Waals surface area contributed by atoms with Gasteiger partial charge in [-0.2, -0.15) is 0 Å². The van der Waals surface area contributed by atoms with Crippen LogP contribution in [0.4, 0.5) is 0 Å². The lowest BCUT2D eigenvalue weighted by Crippen LogP contribution is -2.16. The first kappa shape index (κ1) is 47.7. The van der Waals surface area contributed by atoms with E-state index < -0.39 is 5.97 Å². The van der Waals surface area contributed by atoms with Crippen LogP contribution in [0.5, 0.6) is 0 Å². The highest BCUT2D eigenvalue weighted by Gasteiger charge is 2.11. The summed E-state index contributed by atoms with van der Waals surface area (Å²) in [6.07, 6.45) is 51.2. The summed E-state index contributed by atoms with van der Waals surface area (Å²) in [6, 6.07) is 0. The van der Waals surface area contributed by atoms with Crippen molar-refractivity contribution in [2.45, 2.75) is 264 Å². The third-order valence-corrected chi connectivity index (χ3v) is 10.2. The van der Waals surface area contributed by atoms with Gasteiger partial charge < -0.3 is 9.84 Å². The molecule has 0 spiro atoms. The van der Waals surface area contributed by atoms with E-state index in [4.69, 9.17) is 9.84 Å². The van der Waals surface area contributed by atoms with E-state index in [1.165, 1.54) is 167 Å². The van der Waals surface area contributed by atoms with E-state index in [1.807, 2.05) is 0 Å². The van der Waals surface area contributed by atoms with Crippen molar-refractivity contribution in [3.63, 3.8) is 0 Å². The predicted octanol–water partition coefficient (Wildman–Crippen LogP) is 15.4.